The van der Waals surface area contributed by atoms with Crippen LogP contribution in [0.15, 0.2) is 26.9 Å². The number of carbonyl (C=O) groups excluding carboxylic acids is 2. The third-order valence-corrected chi connectivity index (χ3v) is 5.02. The van der Waals surface area contributed by atoms with Gasteiger partial charge in [-0.25, -0.2) is 9.78 Å². The van der Waals surface area contributed by atoms with Crippen LogP contribution in [0.2, 0.25) is 0 Å². The minimum Gasteiger partial charge on any atom is -0.427 e. The molecule has 0 aromatic carbocycles. The molecule has 1 fully saturated rings. The van der Waals surface area contributed by atoms with Crippen LogP contribution in [0.1, 0.15) is 46.9 Å². The molecular weight excluding hydrogens is 370 g/mol. The number of aryl methyl sites for hydroxylation is 1. The molecule has 2 amide bonds. The van der Waals surface area contributed by atoms with E-state index >= 15 is 0 Å². The van der Waals surface area contributed by atoms with Gasteiger partial charge < -0.3 is 19.8 Å². The van der Waals surface area contributed by atoms with Gasteiger partial charge >= 0.3 is 5.63 Å². The van der Waals surface area contributed by atoms with Gasteiger partial charge in [-0.2, -0.15) is 0 Å². The molecule has 0 radical (unpaired) electrons. The van der Waals surface area contributed by atoms with E-state index < -0.39 is 11.5 Å². The van der Waals surface area contributed by atoms with E-state index in [1.807, 2.05) is 0 Å². The van der Waals surface area contributed by atoms with Crippen molar-refractivity contribution < 1.29 is 18.7 Å². The van der Waals surface area contributed by atoms with Crippen molar-refractivity contribution >= 4 is 28.3 Å². The molecule has 0 atom stereocenters. The highest BCUT2D eigenvalue weighted by Gasteiger charge is 2.22. The van der Waals surface area contributed by atoms with Crippen LogP contribution in [0.3, 0.4) is 0 Å². The molecular formula is C18H21N3O5S. The predicted octanol–water partition coefficient (Wildman–Crippen LogP) is 2.06. The number of aromatic nitrogens is 1. The minimum absolute atomic E-state index is 0.0221. The normalized spacial score (nSPS) is 14.7. The van der Waals surface area contributed by atoms with E-state index in [0.29, 0.717) is 29.7 Å². The highest BCUT2D eigenvalue weighted by Crippen LogP contribution is 2.27. The van der Waals surface area contributed by atoms with Gasteiger partial charge in [-0.05, 0) is 31.4 Å². The van der Waals surface area contributed by atoms with E-state index in [1.165, 1.54) is 11.3 Å². The van der Waals surface area contributed by atoms with Crippen LogP contribution in [0, 0.1) is 6.92 Å². The Morgan fingerprint density at radius 1 is 1.33 bits per heavy atom. The molecule has 0 spiro atoms. The fourth-order valence-corrected chi connectivity index (χ4v) is 3.48. The number of hydrogen-bond acceptors (Lipinski definition) is 7. The Morgan fingerprint density at radius 3 is 2.78 bits per heavy atom. The van der Waals surface area contributed by atoms with Crippen molar-refractivity contribution in [2.45, 2.75) is 32.1 Å². The third kappa shape index (κ3) is 5.01. The first-order valence-electron chi connectivity index (χ1n) is 8.74. The highest BCUT2D eigenvalue weighted by molar-refractivity contribution is 7.13. The maximum atomic E-state index is 12.3. The summed E-state index contributed by atoms with van der Waals surface area (Å²) in [6.07, 6.45) is 3.26. The lowest BCUT2D eigenvalue weighted by Gasteiger charge is -2.21. The number of amides is 2. The Balaban J connectivity index is 1.57. The van der Waals surface area contributed by atoms with E-state index in [2.05, 4.69) is 15.6 Å². The van der Waals surface area contributed by atoms with Gasteiger partial charge in [0.15, 0.2) is 5.13 Å². The van der Waals surface area contributed by atoms with Crippen LogP contribution >= 0.6 is 11.3 Å². The smallest absolute Gasteiger partial charge is 0.349 e. The van der Waals surface area contributed by atoms with Gasteiger partial charge in [-0.3, -0.25) is 9.59 Å². The zero-order chi connectivity index (χ0) is 19.2. The summed E-state index contributed by atoms with van der Waals surface area (Å²) in [6.45, 7) is 3.10. The molecule has 0 saturated carbocycles. The largest absolute Gasteiger partial charge is 0.427 e. The predicted molar refractivity (Wildman–Crippen MR) is 100 cm³/mol. The second-order valence-corrected chi connectivity index (χ2v) is 7.17. The summed E-state index contributed by atoms with van der Waals surface area (Å²) < 4.78 is 10.7. The van der Waals surface area contributed by atoms with E-state index in [-0.39, 0.29) is 30.4 Å². The number of anilines is 1. The molecule has 8 nitrogen and oxygen atoms in total. The van der Waals surface area contributed by atoms with Crippen LogP contribution in [-0.2, 0) is 9.53 Å². The fourth-order valence-electron chi connectivity index (χ4n) is 2.93. The summed E-state index contributed by atoms with van der Waals surface area (Å²) in [5, 5.41) is 7.48. The van der Waals surface area contributed by atoms with E-state index in [1.54, 1.807) is 24.6 Å². The molecule has 0 bridgehead atoms. The monoisotopic (exact) mass is 391 g/mol. The zero-order valence-corrected chi connectivity index (χ0v) is 15.8. The summed E-state index contributed by atoms with van der Waals surface area (Å²) in [6, 6.07) is 1.75. The van der Waals surface area contributed by atoms with Crippen molar-refractivity contribution in [2.24, 2.45) is 0 Å². The highest BCUT2D eigenvalue weighted by atomic mass is 32.1. The van der Waals surface area contributed by atoms with Gasteiger partial charge in [-0.15, -0.1) is 11.3 Å². The van der Waals surface area contributed by atoms with Crippen LogP contribution in [0.25, 0.3) is 0 Å². The Bertz CT molecular complexity index is 856. The summed E-state index contributed by atoms with van der Waals surface area (Å²) in [4.78, 5) is 40.4. The van der Waals surface area contributed by atoms with E-state index in [9.17, 15) is 14.4 Å². The summed E-state index contributed by atoms with van der Waals surface area (Å²) in [7, 11) is 0. The molecule has 1 aliphatic heterocycles. The van der Waals surface area contributed by atoms with Crippen LogP contribution < -0.4 is 16.3 Å². The number of carbonyl (C=O) groups is 2. The first-order valence-corrected chi connectivity index (χ1v) is 9.62. The van der Waals surface area contributed by atoms with Gasteiger partial charge in [0.25, 0.3) is 5.91 Å². The van der Waals surface area contributed by atoms with Crippen molar-refractivity contribution in [1.82, 2.24) is 10.3 Å². The number of ether oxygens (including phenoxy) is 1. The molecule has 2 aromatic heterocycles. The van der Waals surface area contributed by atoms with Gasteiger partial charge in [0, 0.05) is 43.7 Å². The minimum atomic E-state index is -0.652. The van der Waals surface area contributed by atoms with Crippen LogP contribution in [0.5, 0.6) is 0 Å². The molecule has 2 N–H and O–H groups in total. The maximum Gasteiger partial charge on any atom is 0.349 e. The van der Waals surface area contributed by atoms with Crippen LogP contribution in [-0.4, -0.2) is 36.6 Å². The molecule has 0 aliphatic carbocycles. The standard InChI is InChI=1S/C18H21N3O5S/c1-11-10-13(12-3-7-25-8-4-12)26-17(24)15(11)16(23)19-5-2-14(22)21-18-20-6-9-27-18/h6,9-10,12H,2-5,7-8H2,1H3,(H,19,23)(H,20,21,22). The Labute approximate surface area is 159 Å². The molecule has 1 aliphatic rings. The molecule has 144 valence electrons. The van der Waals surface area contributed by atoms with Crippen molar-refractivity contribution in [3.05, 3.63) is 45.0 Å². The van der Waals surface area contributed by atoms with Gasteiger partial charge in [0.05, 0.1) is 0 Å². The maximum absolute atomic E-state index is 12.3. The average Bonchev–Trinajstić information content (AvgIpc) is 3.14. The fraction of sp³-hybridized carbons (Fsp3) is 0.444. The summed E-state index contributed by atoms with van der Waals surface area (Å²) in [5.41, 5.74) is -0.107. The molecule has 0 unspecified atom stereocenters. The van der Waals surface area contributed by atoms with Crippen molar-refractivity contribution in [3.63, 3.8) is 0 Å². The molecule has 1 saturated heterocycles. The third-order valence-electron chi connectivity index (χ3n) is 4.33. The van der Waals surface area contributed by atoms with Crippen molar-refractivity contribution in [3.8, 4) is 0 Å². The Morgan fingerprint density at radius 2 is 2.11 bits per heavy atom. The topological polar surface area (TPSA) is 111 Å². The van der Waals surface area contributed by atoms with E-state index in [0.717, 1.165) is 12.8 Å². The molecule has 3 rings (SSSR count). The Hall–Kier alpha value is -2.52. The molecule has 27 heavy (non-hydrogen) atoms. The lowest BCUT2D eigenvalue weighted by atomic mass is 9.95. The number of thiazole rings is 1. The second kappa shape index (κ2) is 8.92. The van der Waals surface area contributed by atoms with Gasteiger partial charge in [0.2, 0.25) is 5.91 Å². The SMILES string of the molecule is Cc1cc(C2CCOCC2)oc(=O)c1C(=O)NCCC(=O)Nc1nccs1. The average molecular weight is 391 g/mol. The van der Waals surface area contributed by atoms with E-state index in [4.69, 9.17) is 9.15 Å². The first-order chi connectivity index (χ1) is 13.0. The number of hydrogen-bond donors (Lipinski definition) is 2. The summed E-state index contributed by atoms with van der Waals surface area (Å²) >= 11 is 1.31. The Kier molecular flexibility index (Phi) is 6.36. The quantitative estimate of drug-likeness (QED) is 0.780. The number of nitrogens with zero attached hydrogens (tertiary/aromatic N) is 1. The van der Waals surface area contributed by atoms with Crippen molar-refractivity contribution in [2.75, 3.05) is 25.1 Å². The second-order valence-electron chi connectivity index (χ2n) is 6.27. The molecule has 9 heteroatoms. The first kappa shape index (κ1) is 19.2. The zero-order valence-electron chi connectivity index (χ0n) is 14.9. The number of nitrogens with one attached hydrogen (secondary N) is 2. The number of rotatable bonds is 6. The summed E-state index contributed by atoms with van der Waals surface area (Å²) in [5.74, 6) is -0.0670. The molecule has 3 heterocycles. The lowest BCUT2D eigenvalue weighted by Crippen LogP contribution is -2.32. The lowest BCUT2D eigenvalue weighted by molar-refractivity contribution is -0.116. The molecule has 2 aromatic rings. The van der Waals surface area contributed by atoms with Gasteiger partial charge in [0.1, 0.15) is 11.3 Å². The van der Waals surface area contributed by atoms with Crippen LogP contribution in [0.4, 0.5) is 5.13 Å². The van der Waals surface area contributed by atoms with Crippen molar-refractivity contribution in [1.29, 1.82) is 0 Å². The van der Waals surface area contributed by atoms with Gasteiger partial charge in [-0.1, -0.05) is 0 Å².